The second kappa shape index (κ2) is 8.43. The molecule has 1 fully saturated rings. The molecule has 0 bridgehead atoms. The van der Waals surface area contributed by atoms with Crippen molar-refractivity contribution in [3.8, 4) is 0 Å². The quantitative estimate of drug-likeness (QED) is 0.806. The van der Waals surface area contributed by atoms with Gasteiger partial charge in [-0.1, -0.05) is 0 Å². The minimum absolute atomic E-state index is 0.334. The molecule has 3 heterocycles. The largest absolute Gasteiger partial charge is 0.462 e. The maximum Gasteiger partial charge on any atom is 0.341 e. The molecule has 0 aromatic carbocycles. The minimum Gasteiger partial charge on any atom is -0.462 e. The van der Waals surface area contributed by atoms with E-state index in [1.54, 1.807) is 31.5 Å². The maximum absolute atomic E-state index is 12.0. The van der Waals surface area contributed by atoms with Crippen molar-refractivity contribution in [3.63, 3.8) is 0 Å². The van der Waals surface area contributed by atoms with Gasteiger partial charge in [0.05, 0.1) is 19.8 Å². The number of rotatable bonds is 6. The molecule has 0 unspecified atom stereocenters. The Hall–Kier alpha value is -2.67. The lowest BCUT2D eigenvalue weighted by Gasteiger charge is -2.28. The number of ether oxygens (including phenoxy) is 2. The molecule has 7 heteroatoms. The number of aromatic nitrogens is 2. The summed E-state index contributed by atoms with van der Waals surface area (Å²) in [5.41, 5.74) is 1.50. The van der Waals surface area contributed by atoms with E-state index in [0.29, 0.717) is 24.5 Å². The molecule has 2 aromatic heterocycles. The Labute approximate surface area is 147 Å². The summed E-state index contributed by atoms with van der Waals surface area (Å²) in [6.45, 7) is 5.80. The van der Waals surface area contributed by atoms with Gasteiger partial charge in [0.25, 0.3) is 0 Å². The number of hydrogen-bond donors (Lipinski definition) is 1. The van der Waals surface area contributed by atoms with Crippen LogP contribution in [0.15, 0.2) is 36.7 Å². The Bertz CT molecular complexity index is 717. The van der Waals surface area contributed by atoms with Gasteiger partial charge in [-0.3, -0.25) is 0 Å². The lowest BCUT2D eigenvalue weighted by atomic mass is 10.2. The van der Waals surface area contributed by atoms with E-state index in [1.165, 1.54) is 0 Å². The summed E-state index contributed by atoms with van der Waals surface area (Å²) in [5.74, 6) is 1.08. The van der Waals surface area contributed by atoms with Crippen LogP contribution in [0, 0.1) is 0 Å². The first kappa shape index (κ1) is 17.2. The van der Waals surface area contributed by atoms with Gasteiger partial charge in [0.15, 0.2) is 0 Å². The van der Waals surface area contributed by atoms with Crippen molar-refractivity contribution in [3.05, 3.63) is 47.8 Å². The van der Waals surface area contributed by atoms with E-state index >= 15 is 0 Å². The molecule has 3 rings (SSSR count). The number of morpholine rings is 1. The van der Waals surface area contributed by atoms with Crippen molar-refractivity contribution in [2.75, 3.05) is 43.1 Å². The number of nitrogens with zero attached hydrogens (tertiary/aromatic N) is 3. The van der Waals surface area contributed by atoms with Gasteiger partial charge in [-0.15, -0.1) is 0 Å². The number of pyridine rings is 2. The molecular formula is C18H22N4O3. The molecule has 1 saturated heterocycles. The predicted octanol–water partition coefficient (Wildman–Crippen LogP) is 2.10. The van der Waals surface area contributed by atoms with E-state index in [4.69, 9.17) is 9.47 Å². The third-order valence-electron chi connectivity index (χ3n) is 3.91. The van der Waals surface area contributed by atoms with Crippen LogP contribution in [0.5, 0.6) is 0 Å². The van der Waals surface area contributed by atoms with E-state index in [0.717, 1.165) is 37.7 Å². The molecule has 0 aliphatic carbocycles. The Morgan fingerprint density at radius 3 is 2.92 bits per heavy atom. The highest BCUT2D eigenvalue weighted by Crippen LogP contribution is 2.17. The summed E-state index contributed by atoms with van der Waals surface area (Å²) in [6, 6.07) is 7.43. The predicted molar refractivity (Wildman–Crippen MR) is 94.8 cm³/mol. The van der Waals surface area contributed by atoms with E-state index in [9.17, 15) is 4.79 Å². The molecule has 1 aliphatic rings. The Morgan fingerprint density at radius 2 is 2.12 bits per heavy atom. The molecule has 0 spiro atoms. The summed E-state index contributed by atoms with van der Waals surface area (Å²) >= 11 is 0. The van der Waals surface area contributed by atoms with Crippen LogP contribution in [0.4, 0.5) is 11.6 Å². The first-order valence-electron chi connectivity index (χ1n) is 8.41. The van der Waals surface area contributed by atoms with E-state index in [1.807, 2.05) is 12.1 Å². The highest BCUT2D eigenvalue weighted by atomic mass is 16.5. The minimum atomic E-state index is -0.373. The van der Waals surface area contributed by atoms with Crippen molar-refractivity contribution < 1.29 is 14.3 Å². The van der Waals surface area contributed by atoms with Gasteiger partial charge in [-0.25, -0.2) is 14.8 Å². The van der Waals surface area contributed by atoms with Gasteiger partial charge < -0.3 is 19.7 Å². The summed E-state index contributed by atoms with van der Waals surface area (Å²) in [4.78, 5) is 22.9. The molecule has 25 heavy (non-hydrogen) atoms. The standard InChI is InChI=1S/C18H22N4O3/c1-2-25-18(23)15-4-3-6-20-17(15)21-13-14-5-7-19-16(12-14)22-8-10-24-11-9-22/h3-7,12H,2,8-11,13H2,1H3,(H,20,21). The maximum atomic E-state index is 12.0. The Balaban J connectivity index is 1.69. The number of hydrogen-bond acceptors (Lipinski definition) is 7. The number of esters is 1. The van der Waals surface area contributed by atoms with Crippen LogP contribution < -0.4 is 10.2 Å². The SMILES string of the molecule is CCOC(=O)c1cccnc1NCc1ccnc(N2CCOCC2)c1. The summed E-state index contributed by atoms with van der Waals surface area (Å²) in [5, 5.41) is 3.22. The van der Waals surface area contributed by atoms with Crippen LogP contribution in [0.1, 0.15) is 22.8 Å². The summed E-state index contributed by atoms with van der Waals surface area (Å²) in [7, 11) is 0. The van der Waals surface area contributed by atoms with E-state index in [2.05, 4.69) is 20.2 Å². The zero-order valence-electron chi connectivity index (χ0n) is 14.3. The van der Waals surface area contributed by atoms with Gasteiger partial charge in [-0.2, -0.15) is 0 Å². The first-order chi connectivity index (χ1) is 12.3. The van der Waals surface area contributed by atoms with E-state index < -0.39 is 0 Å². The lowest BCUT2D eigenvalue weighted by Crippen LogP contribution is -2.36. The van der Waals surface area contributed by atoms with Crippen LogP contribution in [0.2, 0.25) is 0 Å². The molecule has 1 N–H and O–H groups in total. The van der Waals surface area contributed by atoms with Crippen LogP contribution in [-0.4, -0.2) is 48.8 Å². The second-order valence-electron chi connectivity index (χ2n) is 5.60. The first-order valence-corrected chi connectivity index (χ1v) is 8.41. The lowest BCUT2D eigenvalue weighted by molar-refractivity contribution is 0.0527. The molecule has 1 aliphatic heterocycles. The normalized spacial score (nSPS) is 14.2. The van der Waals surface area contributed by atoms with Crippen LogP contribution in [-0.2, 0) is 16.0 Å². The zero-order chi connectivity index (χ0) is 17.5. The number of carbonyl (C=O) groups is 1. The van der Waals surface area contributed by atoms with Crippen molar-refractivity contribution in [2.24, 2.45) is 0 Å². The Morgan fingerprint density at radius 1 is 1.28 bits per heavy atom. The monoisotopic (exact) mass is 342 g/mol. The molecule has 0 saturated carbocycles. The molecule has 0 amide bonds. The highest BCUT2D eigenvalue weighted by Gasteiger charge is 2.14. The molecule has 2 aromatic rings. The summed E-state index contributed by atoms with van der Waals surface area (Å²) < 4.78 is 10.5. The average molecular weight is 342 g/mol. The topological polar surface area (TPSA) is 76.6 Å². The van der Waals surface area contributed by atoms with Crippen molar-refractivity contribution >= 4 is 17.6 Å². The van der Waals surface area contributed by atoms with E-state index in [-0.39, 0.29) is 5.97 Å². The fourth-order valence-corrected chi connectivity index (χ4v) is 2.64. The van der Waals surface area contributed by atoms with Crippen LogP contribution in [0.3, 0.4) is 0 Å². The van der Waals surface area contributed by atoms with Crippen molar-refractivity contribution in [1.29, 1.82) is 0 Å². The van der Waals surface area contributed by atoms with Crippen LogP contribution >= 0.6 is 0 Å². The van der Waals surface area contributed by atoms with Gasteiger partial charge in [0, 0.05) is 32.0 Å². The Kier molecular flexibility index (Phi) is 5.79. The second-order valence-corrected chi connectivity index (χ2v) is 5.60. The highest BCUT2D eigenvalue weighted by molar-refractivity contribution is 5.94. The van der Waals surface area contributed by atoms with Gasteiger partial charge >= 0.3 is 5.97 Å². The zero-order valence-corrected chi connectivity index (χ0v) is 14.3. The molecule has 0 radical (unpaired) electrons. The van der Waals surface area contributed by atoms with Crippen molar-refractivity contribution in [2.45, 2.75) is 13.5 Å². The van der Waals surface area contributed by atoms with Gasteiger partial charge in [0.1, 0.15) is 17.2 Å². The molecular weight excluding hydrogens is 320 g/mol. The third kappa shape index (κ3) is 4.45. The number of anilines is 2. The fraction of sp³-hybridized carbons (Fsp3) is 0.389. The number of carbonyl (C=O) groups excluding carboxylic acids is 1. The summed E-state index contributed by atoms with van der Waals surface area (Å²) in [6.07, 6.45) is 3.45. The number of nitrogens with one attached hydrogen (secondary N) is 1. The fourth-order valence-electron chi connectivity index (χ4n) is 2.64. The third-order valence-corrected chi connectivity index (χ3v) is 3.91. The van der Waals surface area contributed by atoms with Crippen LogP contribution in [0.25, 0.3) is 0 Å². The molecule has 132 valence electrons. The van der Waals surface area contributed by atoms with Gasteiger partial charge in [0.2, 0.25) is 0 Å². The molecule has 7 nitrogen and oxygen atoms in total. The molecule has 0 atom stereocenters. The average Bonchev–Trinajstić information content (AvgIpc) is 2.68. The van der Waals surface area contributed by atoms with Crippen molar-refractivity contribution in [1.82, 2.24) is 9.97 Å². The smallest absolute Gasteiger partial charge is 0.341 e. The van der Waals surface area contributed by atoms with Gasteiger partial charge in [-0.05, 0) is 36.8 Å².